The lowest BCUT2D eigenvalue weighted by Gasteiger charge is -2.20. The first-order valence-corrected chi connectivity index (χ1v) is 8.75. The number of carbonyl (C=O) groups is 2. The normalized spacial score (nSPS) is 19.6. The molecule has 2 aliphatic rings. The van der Waals surface area contributed by atoms with Crippen molar-refractivity contribution in [3.05, 3.63) is 53.1 Å². The van der Waals surface area contributed by atoms with Crippen LogP contribution in [0.2, 0.25) is 5.02 Å². The van der Waals surface area contributed by atoms with Gasteiger partial charge in [-0.15, -0.1) is 0 Å². The van der Waals surface area contributed by atoms with Gasteiger partial charge in [-0.3, -0.25) is 9.59 Å². The summed E-state index contributed by atoms with van der Waals surface area (Å²) >= 11 is 6.22. The number of para-hydroxylation sites is 1. The van der Waals surface area contributed by atoms with Crippen LogP contribution in [0.4, 0.5) is 17.1 Å². The third kappa shape index (κ3) is 3.07. The lowest BCUT2D eigenvalue weighted by atomic mass is 10.0. The van der Waals surface area contributed by atoms with E-state index in [4.69, 9.17) is 11.6 Å². The SMILES string of the molecule is O=C1CCc2ccc(NC3CCN(c4ccccc4Cl)C3=O)cc2N1. The zero-order chi connectivity index (χ0) is 17.4. The molecule has 0 saturated carbocycles. The summed E-state index contributed by atoms with van der Waals surface area (Å²) in [5.74, 6) is 0.0429. The second kappa shape index (κ2) is 6.41. The number of rotatable bonds is 3. The van der Waals surface area contributed by atoms with Crippen LogP contribution in [0.5, 0.6) is 0 Å². The number of benzene rings is 2. The molecule has 25 heavy (non-hydrogen) atoms. The molecule has 2 aromatic rings. The Morgan fingerprint density at radius 2 is 1.96 bits per heavy atom. The number of hydrogen-bond acceptors (Lipinski definition) is 3. The molecule has 0 radical (unpaired) electrons. The van der Waals surface area contributed by atoms with Gasteiger partial charge in [-0.1, -0.05) is 29.8 Å². The van der Waals surface area contributed by atoms with Crippen LogP contribution in [0.1, 0.15) is 18.4 Å². The second-order valence-corrected chi connectivity index (χ2v) is 6.75. The lowest BCUT2D eigenvalue weighted by Crippen LogP contribution is -2.33. The maximum absolute atomic E-state index is 12.7. The summed E-state index contributed by atoms with van der Waals surface area (Å²) in [4.78, 5) is 26.0. The number of fused-ring (bicyclic) bond motifs is 1. The van der Waals surface area contributed by atoms with Gasteiger partial charge in [0.2, 0.25) is 11.8 Å². The van der Waals surface area contributed by atoms with Gasteiger partial charge in [-0.25, -0.2) is 0 Å². The average Bonchev–Trinajstić information content (AvgIpc) is 2.96. The van der Waals surface area contributed by atoms with Crippen molar-refractivity contribution in [3.8, 4) is 0 Å². The van der Waals surface area contributed by atoms with Crippen molar-refractivity contribution in [1.82, 2.24) is 0 Å². The van der Waals surface area contributed by atoms with Gasteiger partial charge in [-0.2, -0.15) is 0 Å². The number of anilines is 3. The number of amides is 2. The van der Waals surface area contributed by atoms with Gasteiger partial charge in [0.05, 0.1) is 10.7 Å². The minimum Gasteiger partial charge on any atom is -0.374 e. The van der Waals surface area contributed by atoms with Crippen molar-refractivity contribution in [1.29, 1.82) is 0 Å². The molecule has 0 aromatic heterocycles. The predicted octanol–water partition coefficient (Wildman–Crippen LogP) is 3.44. The molecular weight excluding hydrogens is 338 g/mol. The highest BCUT2D eigenvalue weighted by Gasteiger charge is 2.33. The van der Waals surface area contributed by atoms with E-state index in [2.05, 4.69) is 10.6 Å². The van der Waals surface area contributed by atoms with Crippen LogP contribution < -0.4 is 15.5 Å². The quantitative estimate of drug-likeness (QED) is 0.886. The van der Waals surface area contributed by atoms with Crippen LogP contribution in [-0.2, 0) is 16.0 Å². The number of aryl methyl sites for hydroxylation is 1. The highest BCUT2D eigenvalue weighted by Crippen LogP contribution is 2.31. The maximum atomic E-state index is 12.7. The standard InChI is InChI=1S/C19H18ClN3O2/c20-14-3-1-2-4-17(14)23-10-9-15(19(23)25)21-13-7-5-12-6-8-18(24)22-16(12)11-13/h1-5,7,11,15,21H,6,8-10H2,(H,22,24). The van der Waals surface area contributed by atoms with Crippen molar-refractivity contribution in [2.45, 2.75) is 25.3 Å². The average molecular weight is 356 g/mol. The fourth-order valence-electron chi connectivity index (χ4n) is 3.39. The first-order valence-electron chi connectivity index (χ1n) is 8.37. The fraction of sp³-hybridized carbons (Fsp3) is 0.263. The van der Waals surface area contributed by atoms with E-state index in [1.807, 2.05) is 36.4 Å². The molecular formula is C19H18ClN3O2. The Hall–Kier alpha value is -2.53. The number of halogens is 1. The van der Waals surface area contributed by atoms with Crippen molar-refractivity contribution < 1.29 is 9.59 Å². The van der Waals surface area contributed by atoms with Gasteiger partial charge in [0.25, 0.3) is 0 Å². The Bertz CT molecular complexity index is 852. The van der Waals surface area contributed by atoms with Gasteiger partial charge >= 0.3 is 0 Å². The van der Waals surface area contributed by atoms with E-state index in [1.54, 1.807) is 11.0 Å². The third-order valence-electron chi connectivity index (χ3n) is 4.70. The summed E-state index contributed by atoms with van der Waals surface area (Å²) in [5, 5.41) is 6.75. The Balaban J connectivity index is 1.51. The molecule has 2 amide bonds. The zero-order valence-corrected chi connectivity index (χ0v) is 14.3. The highest BCUT2D eigenvalue weighted by molar-refractivity contribution is 6.34. The molecule has 2 heterocycles. The predicted molar refractivity (Wildman–Crippen MR) is 99.2 cm³/mol. The molecule has 2 aromatic carbocycles. The monoisotopic (exact) mass is 355 g/mol. The van der Waals surface area contributed by atoms with E-state index in [1.165, 1.54) is 0 Å². The van der Waals surface area contributed by atoms with E-state index < -0.39 is 0 Å². The topological polar surface area (TPSA) is 61.4 Å². The van der Waals surface area contributed by atoms with Crippen LogP contribution >= 0.6 is 11.6 Å². The van der Waals surface area contributed by atoms with E-state index >= 15 is 0 Å². The molecule has 2 aliphatic heterocycles. The minimum atomic E-state index is -0.298. The van der Waals surface area contributed by atoms with Gasteiger partial charge in [0, 0.05) is 24.3 Å². The number of nitrogens with one attached hydrogen (secondary N) is 2. The Morgan fingerprint density at radius 3 is 2.80 bits per heavy atom. The smallest absolute Gasteiger partial charge is 0.249 e. The highest BCUT2D eigenvalue weighted by atomic mass is 35.5. The molecule has 1 atom stereocenters. The van der Waals surface area contributed by atoms with E-state index in [9.17, 15) is 9.59 Å². The number of hydrogen-bond donors (Lipinski definition) is 2. The van der Waals surface area contributed by atoms with Gasteiger partial charge < -0.3 is 15.5 Å². The number of nitrogens with zero attached hydrogens (tertiary/aromatic N) is 1. The van der Waals surface area contributed by atoms with Gasteiger partial charge in [-0.05, 0) is 42.7 Å². The largest absolute Gasteiger partial charge is 0.374 e. The van der Waals surface area contributed by atoms with Crippen LogP contribution in [-0.4, -0.2) is 24.4 Å². The minimum absolute atomic E-state index is 0.00913. The summed E-state index contributed by atoms with van der Waals surface area (Å²) in [5.41, 5.74) is 3.53. The lowest BCUT2D eigenvalue weighted by molar-refractivity contribution is -0.118. The van der Waals surface area contributed by atoms with E-state index in [-0.39, 0.29) is 17.9 Å². The molecule has 5 nitrogen and oxygen atoms in total. The van der Waals surface area contributed by atoms with Crippen LogP contribution in [0, 0.1) is 0 Å². The molecule has 4 rings (SSSR count). The van der Waals surface area contributed by atoms with Gasteiger partial charge in [0.1, 0.15) is 6.04 Å². The third-order valence-corrected chi connectivity index (χ3v) is 5.01. The maximum Gasteiger partial charge on any atom is 0.249 e. The van der Waals surface area contributed by atoms with Gasteiger partial charge in [0.15, 0.2) is 0 Å². The Kier molecular flexibility index (Phi) is 4.09. The summed E-state index contributed by atoms with van der Waals surface area (Å²) in [6, 6.07) is 12.9. The molecule has 2 N–H and O–H groups in total. The molecule has 6 heteroatoms. The summed E-state index contributed by atoms with van der Waals surface area (Å²) in [7, 11) is 0. The fourth-order valence-corrected chi connectivity index (χ4v) is 3.62. The Labute approximate surface area is 151 Å². The first-order chi connectivity index (χ1) is 12.1. The molecule has 1 saturated heterocycles. The van der Waals surface area contributed by atoms with Crippen LogP contribution in [0.15, 0.2) is 42.5 Å². The van der Waals surface area contributed by atoms with Crippen LogP contribution in [0.3, 0.4) is 0 Å². The zero-order valence-electron chi connectivity index (χ0n) is 13.6. The number of carbonyl (C=O) groups excluding carboxylic acids is 2. The van der Waals surface area contributed by atoms with E-state index in [0.29, 0.717) is 24.4 Å². The summed E-state index contributed by atoms with van der Waals surface area (Å²) in [6.45, 7) is 0.627. The molecule has 0 aliphatic carbocycles. The molecule has 128 valence electrons. The van der Waals surface area contributed by atoms with Crippen molar-refractivity contribution in [2.24, 2.45) is 0 Å². The second-order valence-electron chi connectivity index (χ2n) is 6.35. The molecule has 0 spiro atoms. The summed E-state index contributed by atoms with van der Waals surface area (Å²) < 4.78 is 0. The first kappa shape index (κ1) is 16.0. The molecule has 1 unspecified atom stereocenters. The van der Waals surface area contributed by atoms with Crippen molar-refractivity contribution in [3.63, 3.8) is 0 Å². The van der Waals surface area contributed by atoms with Crippen LogP contribution in [0.25, 0.3) is 0 Å². The summed E-state index contributed by atoms with van der Waals surface area (Å²) in [6.07, 6.45) is 1.98. The van der Waals surface area contributed by atoms with E-state index in [0.717, 1.165) is 29.0 Å². The Morgan fingerprint density at radius 1 is 1.12 bits per heavy atom. The molecule has 0 bridgehead atoms. The molecule has 1 fully saturated rings. The van der Waals surface area contributed by atoms with Crippen molar-refractivity contribution in [2.75, 3.05) is 22.1 Å². The van der Waals surface area contributed by atoms with Crippen molar-refractivity contribution >= 4 is 40.5 Å².